The molecule has 4 rings (SSSR count). The van der Waals surface area contributed by atoms with Crippen LogP contribution in [0.1, 0.15) is 27.0 Å². The highest BCUT2D eigenvalue weighted by Crippen LogP contribution is 2.40. The summed E-state index contributed by atoms with van der Waals surface area (Å²) in [6.45, 7) is 1.65. The third-order valence-electron chi connectivity index (χ3n) is 3.82. The Morgan fingerprint density at radius 2 is 1.76 bits per heavy atom. The molecule has 182 valence electrons. The first-order chi connectivity index (χ1) is 15.8. The molecule has 34 heavy (non-hydrogen) atoms. The Bertz CT molecular complexity index is 1300. The number of nitrogens with zero attached hydrogens (tertiary/aromatic N) is 3. The van der Waals surface area contributed by atoms with Crippen molar-refractivity contribution < 1.29 is 40.4 Å². The summed E-state index contributed by atoms with van der Waals surface area (Å²) < 4.78 is 84.0. The average Bonchev–Trinajstić information content (AvgIpc) is 3.47. The van der Waals surface area contributed by atoms with Crippen molar-refractivity contribution in [3.05, 3.63) is 44.9 Å². The Balaban J connectivity index is 0.000000197. The van der Waals surface area contributed by atoms with Gasteiger partial charge in [-0.2, -0.15) is 26.3 Å². The van der Waals surface area contributed by atoms with Gasteiger partial charge in [-0.05, 0) is 19.1 Å². The maximum atomic E-state index is 12.6. The zero-order valence-electron chi connectivity index (χ0n) is 16.6. The monoisotopic (exact) mass is 544 g/mol. The predicted molar refractivity (Wildman–Crippen MR) is 113 cm³/mol. The van der Waals surface area contributed by atoms with Gasteiger partial charge in [0.1, 0.15) is 24.7 Å². The second-order valence-electron chi connectivity index (χ2n) is 6.15. The van der Waals surface area contributed by atoms with E-state index in [1.807, 2.05) is 0 Å². The predicted octanol–water partition coefficient (Wildman–Crippen LogP) is 6.54. The van der Waals surface area contributed by atoms with E-state index in [0.29, 0.717) is 28.7 Å². The number of rotatable bonds is 3. The van der Waals surface area contributed by atoms with Crippen LogP contribution in [0.25, 0.3) is 21.8 Å². The van der Waals surface area contributed by atoms with Crippen LogP contribution < -0.4 is 5.73 Å². The minimum Gasteiger partial charge on any atom is -0.462 e. The van der Waals surface area contributed by atoms with Crippen LogP contribution >= 0.6 is 34.3 Å². The van der Waals surface area contributed by atoms with Gasteiger partial charge in [0.25, 0.3) is 0 Å². The van der Waals surface area contributed by atoms with Crippen molar-refractivity contribution in [2.45, 2.75) is 19.3 Å². The lowest BCUT2D eigenvalue weighted by molar-refractivity contribution is -0.135. The van der Waals surface area contributed by atoms with E-state index in [4.69, 9.17) is 21.9 Å². The number of halogens is 7. The number of ether oxygens (including phenoxy) is 1. The van der Waals surface area contributed by atoms with Crippen LogP contribution in [0.3, 0.4) is 0 Å². The summed E-state index contributed by atoms with van der Waals surface area (Å²) in [4.78, 5) is 17.5. The third kappa shape index (κ3) is 5.77. The Morgan fingerprint density at radius 3 is 2.29 bits per heavy atom. The number of esters is 1. The third-order valence-corrected chi connectivity index (χ3v) is 6.19. The van der Waals surface area contributed by atoms with Crippen LogP contribution in [-0.2, 0) is 17.1 Å². The van der Waals surface area contributed by atoms with E-state index in [1.165, 1.54) is 12.3 Å². The number of thiophene rings is 2. The Hall–Kier alpha value is -2.91. The summed E-state index contributed by atoms with van der Waals surface area (Å²) in [5, 5.41) is 3.41. The van der Waals surface area contributed by atoms with Gasteiger partial charge in [0.15, 0.2) is 0 Å². The minimum atomic E-state index is -4.48. The number of carbonyl (C=O) groups is 1. The van der Waals surface area contributed by atoms with Crippen LogP contribution in [0.15, 0.2) is 28.9 Å². The van der Waals surface area contributed by atoms with Crippen molar-refractivity contribution in [1.29, 1.82) is 0 Å². The molecule has 0 aliphatic carbocycles. The lowest BCUT2D eigenvalue weighted by Gasteiger charge is -2.00. The van der Waals surface area contributed by atoms with E-state index >= 15 is 0 Å². The molecular formula is C18H11ClF6N4O3S2. The van der Waals surface area contributed by atoms with Crippen molar-refractivity contribution in [2.24, 2.45) is 0 Å². The van der Waals surface area contributed by atoms with Crippen LogP contribution in [-0.4, -0.2) is 27.7 Å². The fourth-order valence-electron chi connectivity index (χ4n) is 2.38. The molecule has 2 N–H and O–H groups in total. The van der Waals surface area contributed by atoms with Gasteiger partial charge in [-0.15, -0.1) is 22.7 Å². The van der Waals surface area contributed by atoms with E-state index in [-0.39, 0.29) is 44.1 Å². The molecule has 0 aromatic carbocycles. The number of carbonyl (C=O) groups excluding carboxylic acids is 1. The maximum Gasteiger partial charge on any atom is 0.425 e. The van der Waals surface area contributed by atoms with Gasteiger partial charge in [0.05, 0.1) is 18.4 Å². The molecule has 0 spiro atoms. The van der Waals surface area contributed by atoms with E-state index < -0.39 is 28.1 Å². The number of nitrogen functional groups attached to an aromatic ring is 1. The zero-order chi connectivity index (χ0) is 25.3. The molecule has 0 radical (unpaired) electrons. The quantitative estimate of drug-likeness (QED) is 0.177. The second-order valence-corrected chi connectivity index (χ2v) is 8.62. The summed E-state index contributed by atoms with van der Waals surface area (Å²) >= 11 is 6.70. The van der Waals surface area contributed by atoms with E-state index in [1.54, 1.807) is 6.92 Å². The van der Waals surface area contributed by atoms with Crippen LogP contribution in [0.4, 0.5) is 31.3 Å². The second kappa shape index (κ2) is 9.76. The molecule has 0 fully saturated rings. The Morgan fingerprint density at radius 1 is 1.12 bits per heavy atom. The lowest BCUT2D eigenvalue weighted by Crippen LogP contribution is -2.06. The fraction of sp³-hybridized carbons (Fsp3) is 0.222. The summed E-state index contributed by atoms with van der Waals surface area (Å²) in [6, 6.07) is 3.14. The number of anilines is 1. The fourth-order valence-corrected chi connectivity index (χ4v) is 4.34. The molecule has 0 amide bonds. The largest absolute Gasteiger partial charge is 0.462 e. The van der Waals surface area contributed by atoms with Crippen molar-refractivity contribution >= 4 is 55.5 Å². The minimum absolute atomic E-state index is 0.0526. The first-order valence-electron chi connectivity index (χ1n) is 8.90. The molecule has 0 bridgehead atoms. The van der Waals surface area contributed by atoms with Gasteiger partial charge in [0, 0.05) is 11.5 Å². The average molecular weight is 545 g/mol. The number of fused-ring (bicyclic) bond motifs is 1. The van der Waals surface area contributed by atoms with E-state index in [0.717, 1.165) is 6.07 Å². The van der Waals surface area contributed by atoms with Gasteiger partial charge in [-0.3, -0.25) is 0 Å². The van der Waals surface area contributed by atoms with Crippen LogP contribution in [0.5, 0.6) is 0 Å². The number of aromatic nitrogens is 3. The SMILES string of the molecule is CCOC(=O)c1cc(C(F)(F)F)sc1N.FC(F)(F)c1cc2c(Cl)nc(-c3ccno3)nc2s1. The Kier molecular flexibility index (Phi) is 7.38. The summed E-state index contributed by atoms with van der Waals surface area (Å²) in [6.07, 6.45) is -7.53. The number of alkyl halides is 6. The van der Waals surface area contributed by atoms with Gasteiger partial charge >= 0.3 is 18.3 Å². The molecule has 0 atom stereocenters. The van der Waals surface area contributed by atoms with Crippen molar-refractivity contribution in [3.8, 4) is 11.6 Å². The van der Waals surface area contributed by atoms with E-state index in [2.05, 4.69) is 19.9 Å². The number of hydrogen-bond acceptors (Lipinski definition) is 9. The highest BCUT2D eigenvalue weighted by molar-refractivity contribution is 7.18. The first kappa shape index (κ1) is 25.7. The van der Waals surface area contributed by atoms with Crippen LogP contribution in [0, 0.1) is 0 Å². The summed E-state index contributed by atoms with van der Waals surface area (Å²) in [5.74, 6) is -0.488. The van der Waals surface area contributed by atoms with Crippen LogP contribution in [0.2, 0.25) is 5.15 Å². The van der Waals surface area contributed by atoms with Gasteiger partial charge in [0.2, 0.25) is 11.6 Å². The normalized spacial score (nSPS) is 11.9. The topological polar surface area (TPSA) is 104 Å². The molecule has 4 heterocycles. The molecule has 0 saturated heterocycles. The van der Waals surface area contributed by atoms with Crippen molar-refractivity contribution in [3.63, 3.8) is 0 Å². The Labute approximate surface area is 199 Å². The summed E-state index contributed by atoms with van der Waals surface area (Å²) in [5.41, 5.74) is 5.06. The molecule has 0 aliphatic rings. The maximum absolute atomic E-state index is 12.6. The van der Waals surface area contributed by atoms with Gasteiger partial charge in [-0.25, -0.2) is 14.8 Å². The van der Waals surface area contributed by atoms with Gasteiger partial charge in [-0.1, -0.05) is 16.8 Å². The van der Waals surface area contributed by atoms with E-state index in [9.17, 15) is 31.1 Å². The number of hydrogen-bond donors (Lipinski definition) is 1. The molecule has 0 aliphatic heterocycles. The van der Waals surface area contributed by atoms with Crippen molar-refractivity contribution in [1.82, 2.24) is 15.1 Å². The highest BCUT2D eigenvalue weighted by Gasteiger charge is 2.35. The molecule has 4 aromatic rings. The smallest absolute Gasteiger partial charge is 0.425 e. The van der Waals surface area contributed by atoms with Gasteiger partial charge < -0.3 is 15.0 Å². The standard InChI is InChI=1S/C10H3ClF3N3OS.C8H8F3NO2S/c11-7-4-3-6(10(12,13)14)19-9(4)17-8(16-7)5-1-2-15-18-5;1-2-14-7(13)4-3-5(8(9,10)11)15-6(4)12/h1-3H;3H,2,12H2,1H3. The molecule has 7 nitrogen and oxygen atoms in total. The zero-order valence-corrected chi connectivity index (χ0v) is 19.0. The highest BCUT2D eigenvalue weighted by atomic mass is 35.5. The molecule has 4 aromatic heterocycles. The molecule has 0 unspecified atom stereocenters. The van der Waals surface area contributed by atoms with Crippen molar-refractivity contribution in [2.75, 3.05) is 12.3 Å². The molecule has 16 heteroatoms. The first-order valence-corrected chi connectivity index (χ1v) is 10.9. The molecule has 0 saturated carbocycles. The summed E-state index contributed by atoms with van der Waals surface area (Å²) in [7, 11) is 0. The molecular weight excluding hydrogens is 534 g/mol. The number of nitrogens with two attached hydrogens (primary N) is 1. The lowest BCUT2D eigenvalue weighted by atomic mass is 10.3.